The number of rotatable bonds is 7. The van der Waals surface area contributed by atoms with E-state index in [-0.39, 0.29) is 12.0 Å². The molecule has 1 radical (unpaired) electrons. The molecule has 0 amide bonds. The highest BCUT2D eigenvalue weighted by Crippen LogP contribution is 2.33. The van der Waals surface area contributed by atoms with Crippen molar-refractivity contribution in [2.45, 2.75) is 44.4 Å². The second-order valence-electron chi connectivity index (χ2n) is 4.09. The largest absolute Gasteiger partial charge is 0.273 e. The zero-order valence-corrected chi connectivity index (χ0v) is 9.59. The fraction of sp³-hybridized carbons (Fsp3) is 0.500. The molecule has 0 nitrogen and oxygen atoms in total. The summed E-state index contributed by atoms with van der Waals surface area (Å²) in [6, 6.07) is 8.07. The van der Waals surface area contributed by atoms with Gasteiger partial charge in [0.15, 0.2) is 0 Å². The van der Waals surface area contributed by atoms with E-state index >= 15 is 0 Å². The topological polar surface area (TPSA) is 0 Å². The van der Waals surface area contributed by atoms with Crippen LogP contribution in [0.2, 0.25) is 0 Å². The van der Waals surface area contributed by atoms with Crippen LogP contribution in [-0.4, -0.2) is 0 Å². The third-order valence-corrected chi connectivity index (χ3v) is 2.69. The maximum atomic E-state index is 13.7. The Bertz CT molecular complexity index is 280. The molecule has 2 heteroatoms. The standard InChI is InChI=1S/C14H19F2/c1-2-3-4-5-9-12-14(15,16)13-10-7-6-8-11-13/h6-8,10-11H,1-5,9,12H2. The molecule has 0 aliphatic heterocycles. The van der Waals surface area contributed by atoms with E-state index in [1.54, 1.807) is 18.2 Å². The molecule has 0 unspecified atom stereocenters. The van der Waals surface area contributed by atoms with Crippen LogP contribution in [0, 0.1) is 6.92 Å². The summed E-state index contributed by atoms with van der Waals surface area (Å²) in [6.07, 6.45) is 4.36. The van der Waals surface area contributed by atoms with Crippen molar-refractivity contribution in [2.24, 2.45) is 0 Å². The molecule has 0 spiro atoms. The Labute approximate surface area is 96.7 Å². The molecule has 0 aromatic heterocycles. The smallest absolute Gasteiger partial charge is 0.201 e. The predicted molar refractivity (Wildman–Crippen MR) is 63.4 cm³/mol. The first kappa shape index (κ1) is 13.1. The van der Waals surface area contributed by atoms with Gasteiger partial charge in [-0.25, -0.2) is 8.78 Å². The molecule has 16 heavy (non-hydrogen) atoms. The van der Waals surface area contributed by atoms with Crippen LogP contribution >= 0.6 is 0 Å². The molecular formula is C14H19F2. The first-order valence-electron chi connectivity index (χ1n) is 5.89. The fourth-order valence-electron chi connectivity index (χ4n) is 1.70. The lowest BCUT2D eigenvalue weighted by atomic mass is 10.0. The van der Waals surface area contributed by atoms with Gasteiger partial charge in [-0.15, -0.1) is 0 Å². The Balaban J connectivity index is 2.35. The molecule has 0 N–H and O–H groups in total. The molecule has 0 saturated heterocycles. The third-order valence-electron chi connectivity index (χ3n) is 2.69. The van der Waals surface area contributed by atoms with E-state index in [0.717, 1.165) is 25.7 Å². The van der Waals surface area contributed by atoms with Gasteiger partial charge in [-0.2, -0.15) is 0 Å². The average molecular weight is 225 g/mol. The minimum Gasteiger partial charge on any atom is -0.201 e. The van der Waals surface area contributed by atoms with Gasteiger partial charge in [0.1, 0.15) is 0 Å². The Hall–Kier alpha value is -0.920. The number of halogens is 2. The lowest BCUT2D eigenvalue weighted by Crippen LogP contribution is -2.12. The Morgan fingerprint density at radius 1 is 0.938 bits per heavy atom. The molecule has 1 aromatic rings. The Morgan fingerprint density at radius 2 is 1.56 bits per heavy atom. The van der Waals surface area contributed by atoms with E-state index in [2.05, 4.69) is 6.92 Å². The molecule has 0 saturated carbocycles. The van der Waals surface area contributed by atoms with E-state index in [1.165, 1.54) is 12.1 Å². The molecule has 1 rings (SSSR count). The van der Waals surface area contributed by atoms with Gasteiger partial charge in [0.25, 0.3) is 5.92 Å². The summed E-state index contributed by atoms with van der Waals surface area (Å²) in [5, 5.41) is 0. The van der Waals surface area contributed by atoms with E-state index in [0.29, 0.717) is 6.42 Å². The van der Waals surface area contributed by atoms with Crippen LogP contribution in [0.1, 0.15) is 44.1 Å². The summed E-state index contributed by atoms with van der Waals surface area (Å²) in [4.78, 5) is 0. The number of unbranched alkanes of at least 4 members (excludes halogenated alkanes) is 4. The third kappa shape index (κ3) is 4.30. The summed E-state index contributed by atoms with van der Waals surface area (Å²) < 4.78 is 27.3. The molecular weight excluding hydrogens is 206 g/mol. The summed E-state index contributed by atoms with van der Waals surface area (Å²) in [7, 11) is 0. The van der Waals surface area contributed by atoms with Crippen molar-refractivity contribution in [1.82, 2.24) is 0 Å². The summed E-state index contributed by atoms with van der Waals surface area (Å²) in [5.74, 6) is -2.67. The highest BCUT2D eigenvalue weighted by Gasteiger charge is 2.29. The second kappa shape index (κ2) is 6.62. The molecule has 0 bridgehead atoms. The zero-order valence-electron chi connectivity index (χ0n) is 9.59. The average Bonchev–Trinajstić information content (AvgIpc) is 2.30. The monoisotopic (exact) mass is 225 g/mol. The molecule has 0 aliphatic carbocycles. The fourth-order valence-corrected chi connectivity index (χ4v) is 1.70. The first-order valence-corrected chi connectivity index (χ1v) is 5.89. The van der Waals surface area contributed by atoms with Crippen LogP contribution in [0.4, 0.5) is 8.78 Å². The van der Waals surface area contributed by atoms with Crippen molar-refractivity contribution in [3.05, 3.63) is 42.8 Å². The van der Waals surface area contributed by atoms with E-state index < -0.39 is 5.92 Å². The van der Waals surface area contributed by atoms with Gasteiger partial charge in [-0.3, -0.25) is 0 Å². The van der Waals surface area contributed by atoms with Gasteiger partial charge in [0, 0.05) is 12.0 Å². The van der Waals surface area contributed by atoms with E-state index in [4.69, 9.17) is 0 Å². The molecule has 1 aromatic carbocycles. The Kier molecular flexibility index (Phi) is 5.44. The second-order valence-corrected chi connectivity index (χ2v) is 4.09. The molecule has 89 valence electrons. The normalized spacial score (nSPS) is 11.7. The van der Waals surface area contributed by atoms with Crippen LogP contribution in [0.15, 0.2) is 30.3 Å². The first-order chi connectivity index (χ1) is 7.67. The number of hydrogen-bond acceptors (Lipinski definition) is 0. The molecule has 0 fully saturated rings. The van der Waals surface area contributed by atoms with E-state index in [1.807, 2.05) is 0 Å². The summed E-state index contributed by atoms with van der Waals surface area (Å²) in [6.45, 7) is 3.73. The van der Waals surface area contributed by atoms with Crippen molar-refractivity contribution in [2.75, 3.05) is 0 Å². The van der Waals surface area contributed by atoms with Gasteiger partial charge in [0.2, 0.25) is 0 Å². The maximum absolute atomic E-state index is 13.7. The van der Waals surface area contributed by atoms with Crippen molar-refractivity contribution in [3.63, 3.8) is 0 Å². The minimum absolute atomic E-state index is 0.0475. The van der Waals surface area contributed by atoms with Crippen molar-refractivity contribution >= 4 is 0 Å². The van der Waals surface area contributed by atoms with Crippen LogP contribution in [-0.2, 0) is 5.92 Å². The molecule has 0 aliphatic rings. The minimum atomic E-state index is -2.67. The van der Waals surface area contributed by atoms with Gasteiger partial charge in [0.05, 0.1) is 0 Å². The quantitative estimate of drug-likeness (QED) is 0.576. The lowest BCUT2D eigenvalue weighted by molar-refractivity contribution is -0.0158. The van der Waals surface area contributed by atoms with Gasteiger partial charge >= 0.3 is 0 Å². The van der Waals surface area contributed by atoms with Gasteiger partial charge < -0.3 is 0 Å². The van der Waals surface area contributed by atoms with Crippen LogP contribution in [0.25, 0.3) is 0 Å². The maximum Gasteiger partial charge on any atom is 0.273 e. The number of benzene rings is 1. The van der Waals surface area contributed by atoms with Crippen molar-refractivity contribution in [1.29, 1.82) is 0 Å². The van der Waals surface area contributed by atoms with Crippen LogP contribution in [0.5, 0.6) is 0 Å². The van der Waals surface area contributed by atoms with Crippen molar-refractivity contribution in [3.8, 4) is 0 Å². The highest BCUT2D eigenvalue weighted by atomic mass is 19.3. The predicted octanol–water partition coefficient (Wildman–Crippen LogP) is 4.95. The lowest BCUT2D eigenvalue weighted by Gasteiger charge is -2.16. The number of alkyl halides is 2. The highest BCUT2D eigenvalue weighted by molar-refractivity contribution is 5.19. The zero-order chi connectivity index (χ0) is 11.9. The summed E-state index contributed by atoms with van der Waals surface area (Å²) in [5.41, 5.74) is 0.132. The Morgan fingerprint density at radius 3 is 2.19 bits per heavy atom. The van der Waals surface area contributed by atoms with Crippen molar-refractivity contribution < 1.29 is 8.78 Å². The molecule has 0 heterocycles. The SMILES string of the molecule is [CH2]CCCCCCC(F)(F)c1ccccc1. The van der Waals surface area contributed by atoms with Crippen LogP contribution in [0.3, 0.4) is 0 Å². The van der Waals surface area contributed by atoms with Gasteiger partial charge in [-0.1, -0.05) is 62.9 Å². The van der Waals surface area contributed by atoms with Crippen LogP contribution < -0.4 is 0 Å². The van der Waals surface area contributed by atoms with Gasteiger partial charge in [-0.05, 0) is 6.42 Å². The summed E-state index contributed by atoms with van der Waals surface area (Å²) >= 11 is 0. The number of hydrogen-bond donors (Lipinski definition) is 0. The molecule has 0 atom stereocenters. The van der Waals surface area contributed by atoms with E-state index in [9.17, 15) is 8.78 Å².